The molecule has 1 unspecified atom stereocenters. The molecule has 12 heavy (non-hydrogen) atoms. The Kier molecular flexibility index (Phi) is 5.72. The molecule has 0 radical (unpaired) electrons. The standard InChI is InChI=1S/C9H19NO2/c1-4-7(5-2)10-8(6-3)9(11)12/h7-8,10H,4-6H2,1-3H3,(H,11,12). The first kappa shape index (κ1) is 11.4. The van der Waals surface area contributed by atoms with Gasteiger partial charge in [0.05, 0.1) is 0 Å². The maximum atomic E-state index is 10.6. The largest absolute Gasteiger partial charge is 0.480 e. The molecule has 0 fully saturated rings. The van der Waals surface area contributed by atoms with E-state index in [-0.39, 0.29) is 6.04 Å². The minimum Gasteiger partial charge on any atom is -0.480 e. The van der Waals surface area contributed by atoms with Crippen molar-refractivity contribution < 1.29 is 9.90 Å². The number of nitrogens with one attached hydrogen (secondary N) is 1. The van der Waals surface area contributed by atoms with Gasteiger partial charge in [-0.1, -0.05) is 20.8 Å². The molecule has 3 heteroatoms. The zero-order chi connectivity index (χ0) is 9.56. The minimum absolute atomic E-state index is 0.339. The van der Waals surface area contributed by atoms with Crippen LogP contribution in [0.25, 0.3) is 0 Å². The van der Waals surface area contributed by atoms with Crippen molar-refractivity contribution in [1.29, 1.82) is 0 Å². The molecular formula is C9H19NO2. The number of carboxylic acids is 1. The van der Waals surface area contributed by atoms with Crippen LogP contribution in [0.15, 0.2) is 0 Å². The van der Waals surface area contributed by atoms with Gasteiger partial charge in [0.25, 0.3) is 0 Å². The van der Waals surface area contributed by atoms with Crippen LogP contribution in [0, 0.1) is 0 Å². The summed E-state index contributed by atoms with van der Waals surface area (Å²) in [5.74, 6) is -0.746. The summed E-state index contributed by atoms with van der Waals surface area (Å²) in [6, 6.07) is -0.0408. The van der Waals surface area contributed by atoms with Crippen LogP contribution in [-0.2, 0) is 4.79 Å². The van der Waals surface area contributed by atoms with Gasteiger partial charge >= 0.3 is 5.97 Å². The highest BCUT2D eigenvalue weighted by atomic mass is 16.4. The Bertz CT molecular complexity index is 132. The number of aliphatic carboxylic acids is 1. The lowest BCUT2D eigenvalue weighted by Crippen LogP contribution is -2.42. The monoisotopic (exact) mass is 173 g/mol. The average Bonchev–Trinajstić information content (AvgIpc) is 2.06. The second-order valence-electron chi connectivity index (χ2n) is 2.98. The van der Waals surface area contributed by atoms with Gasteiger partial charge in [-0.2, -0.15) is 0 Å². The van der Waals surface area contributed by atoms with Gasteiger partial charge in [-0.3, -0.25) is 4.79 Å². The van der Waals surface area contributed by atoms with E-state index in [0.717, 1.165) is 12.8 Å². The molecule has 2 N–H and O–H groups in total. The molecule has 0 aliphatic rings. The van der Waals surface area contributed by atoms with Gasteiger partial charge in [-0.15, -0.1) is 0 Å². The molecule has 1 atom stereocenters. The summed E-state index contributed by atoms with van der Waals surface area (Å²) in [7, 11) is 0. The maximum Gasteiger partial charge on any atom is 0.320 e. The van der Waals surface area contributed by atoms with Gasteiger partial charge in [0, 0.05) is 6.04 Å². The Hall–Kier alpha value is -0.570. The predicted molar refractivity (Wildman–Crippen MR) is 49.2 cm³/mol. The van der Waals surface area contributed by atoms with Crippen LogP contribution < -0.4 is 5.32 Å². The summed E-state index contributed by atoms with van der Waals surface area (Å²) < 4.78 is 0. The summed E-state index contributed by atoms with van der Waals surface area (Å²) in [6.07, 6.45) is 2.62. The Morgan fingerprint density at radius 1 is 1.25 bits per heavy atom. The lowest BCUT2D eigenvalue weighted by atomic mass is 10.1. The number of hydrogen-bond acceptors (Lipinski definition) is 2. The minimum atomic E-state index is -0.746. The van der Waals surface area contributed by atoms with Crippen LogP contribution in [0.5, 0.6) is 0 Å². The summed E-state index contributed by atoms with van der Waals surface area (Å²) in [6.45, 7) is 6.01. The first-order valence-corrected chi connectivity index (χ1v) is 4.64. The Morgan fingerprint density at radius 2 is 1.75 bits per heavy atom. The van der Waals surface area contributed by atoms with Gasteiger partial charge in [-0.25, -0.2) is 0 Å². The fraction of sp³-hybridized carbons (Fsp3) is 0.889. The van der Waals surface area contributed by atoms with Crippen LogP contribution in [0.3, 0.4) is 0 Å². The zero-order valence-corrected chi connectivity index (χ0v) is 8.13. The predicted octanol–water partition coefficient (Wildman–Crippen LogP) is 1.63. The molecule has 3 nitrogen and oxygen atoms in total. The molecule has 0 spiro atoms. The smallest absolute Gasteiger partial charge is 0.320 e. The van der Waals surface area contributed by atoms with Gasteiger partial charge < -0.3 is 10.4 Å². The normalized spacial score (nSPS) is 13.3. The molecule has 0 aliphatic carbocycles. The van der Waals surface area contributed by atoms with Crippen molar-refractivity contribution in [2.45, 2.75) is 52.1 Å². The van der Waals surface area contributed by atoms with Gasteiger partial charge in [0.2, 0.25) is 0 Å². The highest BCUT2D eigenvalue weighted by molar-refractivity contribution is 5.73. The van der Waals surface area contributed by atoms with Crippen LogP contribution in [0.2, 0.25) is 0 Å². The van der Waals surface area contributed by atoms with Gasteiger partial charge in [0.15, 0.2) is 0 Å². The summed E-state index contributed by atoms with van der Waals surface area (Å²) >= 11 is 0. The van der Waals surface area contributed by atoms with Crippen molar-refractivity contribution in [2.24, 2.45) is 0 Å². The molecule has 0 aliphatic heterocycles. The lowest BCUT2D eigenvalue weighted by molar-refractivity contribution is -0.139. The molecule has 0 saturated carbocycles. The SMILES string of the molecule is CCC(CC)NC(CC)C(=O)O. The van der Waals surface area contributed by atoms with Gasteiger partial charge in [-0.05, 0) is 19.3 Å². The Balaban J connectivity index is 3.91. The second-order valence-corrected chi connectivity index (χ2v) is 2.98. The molecule has 0 aromatic rings. The van der Waals surface area contributed by atoms with Crippen molar-refractivity contribution >= 4 is 5.97 Å². The highest BCUT2D eigenvalue weighted by Gasteiger charge is 2.17. The number of hydrogen-bond donors (Lipinski definition) is 2. The lowest BCUT2D eigenvalue weighted by Gasteiger charge is -2.19. The molecule has 0 aromatic carbocycles. The fourth-order valence-electron chi connectivity index (χ4n) is 1.17. The van der Waals surface area contributed by atoms with Crippen molar-refractivity contribution in [1.82, 2.24) is 5.32 Å². The van der Waals surface area contributed by atoms with E-state index >= 15 is 0 Å². The molecule has 0 rings (SSSR count). The average molecular weight is 173 g/mol. The Labute approximate surface area is 74.2 Å². The molecule has 0 amide bonds. The molecule has 0 saturated heterocycles. The van der Waals surface area contributed by atoms with E-state index in [1.54, 1.807) is 0 Å². The summed E-state index contributed by atoms with van der Waals surface area (Å²) in [4.78, 5) is 10.6. The van der Waals surface area contributed by atoms with Crippen molar-refractivity contribution in [2.75, 3.05) is 0 Å². The Morgan fingerprint density at radius 3 is 2.00 bits per heavy atom. The third-order valence-electron chi connectivity index (χ3n) is 2.13. The molecule has 0 heterocycles. The molecule has 72 valence electrons. The highest BCUT2D eigenvalue weighted by Crippen LogP contribution is 2.00. The van der Waals surface area contributed by atoms with E-state index in [4.69, 9.17) is 5.11 Å². The summed E-state index contributed by atoms with van der Waals surface area (Å²) in [5.41, 5.74) is 0. The summed E-state index contributed by atoms with van der Waals surface area (Å²) in [5, 5.41) is 11.9. The fourth-order valence-corrected chi connectivity index (χ4v) is 1.17. The first-order valence-electron chi connectivity index (χ1n) is 4.64. The molecule has 0 bridgehead atoms. The molecule has 0 aromatic heterocycles. The third kappa shape index (κ3) is 3.72. The number of carboxylic acid groups (broad SMARTS) is 1. The van der Waals surface area contributed by atoms with Crippen molar-refractivity contribution in [3.63, 3.8) is 0 Å². The topological polar surface area (TPSA) is 49.3 Å². The van der Waals surface area contributed by atoms with Crippen LogP contribution in [-0.4, -0.2) is 23.2 Å². The quantitative estimate of drug-likeness (QED) is 0.641. The van der Waals surface area contributed by atoms with Gasteiger partial charge in [0.1, 0.15) is 6.04 Å². The van der Waals surface area contributed by atoms with E-state index in [0.29, 0.717) is 12.5 Å². The van der Waals surface area contributed by atoms with Crippen molar-refractivity contribution in [3.05, 3.63) is 0 Å². The van der Waals surface area contributed by atoms with E-state index < -0.39 is 5.97 Å². The first-order chi connectivity index (χ1) is 5.65. The number of carbonyl (C=O) groups is 1. The van der Waals surface area contributed by atoms with E-state index in [2.05, 4.69) is 19.2 Å². The second kappa shape index (κ2) is 6.00. The number of rotatable bonds is 6. The van der Waals surface area contributed by atoms with E-state index in [9.17, 15) is 4.79 Å². The third-order valence-corrected chi connectivity index (χ3v) is 2.13. The molecular weight excluding hydrogens is 154 g/mol. The van der Waals surface area contributed by atoms with Crippen molar-refractivity contribution in [3.8, 4) is 0 Å². The van der Waals surface area contributed by atoms with E-state index in [1.807, 2.05) is 6.92 Å². The van der Waals surface area contributed by atoms with Crippen LogP contribution >= 0.6 is 0 Å². The van der Waals surface area contributed by atoms with E-state index in [1.165, 1.54) is 0 Å². The van der Waals surface area contributed by atoms with Crippen LogP contribution in [0.1, 0.15) is 40.0 Å². The van der Waals surface area contributed by atoms with Crippen LogP contribution in [0.4, 0.5) is 0 Å². The maximum absolute atomic E-state index is 10.6. The zero-order valence-electron chi connectivity index (χ0n) is 8.13.